The highest BCUT2D eigenvalue weighted by molar-refractivity contribution is 9.10. The van der Waals surface area contributed by atoms with Crippen molar-refractivity contribution in [3.63, 3.8) is 0 Å². The van der Waals surface area contributed by atoms with Crippen molar-refractivity contribution in [2.75, 3.05) is 11.1 Å². The maximum Gasteiger partial charge on any atom is 0.256 e. The first-order valence-corrected chi connectivity index (χ1v) is 6.63. The zero-order valence-corrected chi connectivity index (χ0v) is 12.4. The quantitative estimate of drug-likeness (QED) is 0.820. The minimum absolute atomic E-state index is 0.281. The fourth-order valence-corrected chi connectivity index (χ4v) is 1.86. The lowest BCUT2D eigenvalue weighted by Crippen LogP contribution is -2.13. The number of halogens is 2. The molecule has 0 fully saturated rings. The molecule has 19 heavy (non-hydrogen) atoms. The van der Waals surface area contributed by atoms with Gasteiger partial charge >= 0.3 is 0 Å². The second-order valence-corrected chi connectivity index (χ2v) is 5.27. The minimum Gasteiger partial charge on any atom is -0.398 e. The molecular formula is C13H11BrClN3O. The van der Waals surface area contributed by atoms with Gasteiger partial charge in [-0.1, -0.05) is 11.6 Å². The van der Waals surface area contributed by atoms with Crippen molar-refractivity contribution in [2.45, 2.75) is 6.92 Å². The number of carbonyl (C=O) groups excluding carboxylic acids is 1. The van der Waals surface area contributed by atoms with Gasteiger partial charge in [0, 0.05) is 16.2 Å². The van der Waals surface area contributed by atoms with Crippen molar-refractivity contribution >= 4 is 44.9 Å². The van der Waals surface area contributed by atoms with Gasteiger partial charge in [0.2, 0.25) is 0 Å². The Morgan fingerprint density at radius 1 is 1.42 bits per heavy atom. The standard InChI is InChI=1S/C13H11BrClN3O/c1-7-4-12(17-6-9(7)14)18-13(19)8-2-3-11(16)10(15)5-8/h2-6H,16H2,1H3,(H,17,18,19). The number of benzene rings is 1. The topological polar surface area (TPSA) is 68.0 Å². The number of aryl methyl sites for hydroxylation is 1. The lowest BCUT2D eigenvalue weighted by molar-refractivity contribution is 0.102. The third-order valence-corrected chi connectivity index (χ3v) is 3.71. The molecule has 98 valence electrons. The van der Waals surface area contributed by atoms with Gasteiger partial charge in [-0.3, -0.25) is 4.79 Å². The van der Waals surface area contributed by atoms with E-state index >= 15 is 0 Å². The summed E-state index contributed by atoms with van der Waals surface area (Å²) in [6.45, 7) is 1.92. The number of nitrogen functional groups attached to an aromatic ring is 1. The van der Waals surface area contributed by atoms with Crippen molar-refractivity contribution in [1.29, 1.82) is 0 Å². The summed E-state index contributed by atoms with van der Waals surface area (Å²) >= 11 is 9.23. The van der Waals surface area contributed by atoms with E-state index in [1.165, 1.54) is 6.07 Å². The first-order chi connectivity index (χ1) is 8.97. The summed E-state index contributed by atoms with van der Waals surface area (Å²) in [5, 5.41) is 3.06. The highest BCUT2D eigenvalue weighted by atomic mass is 79.9. The molecule has 0 bridgehead atoms. The van der Waals surface area contributed by atoms with Crippen LogP contribution < -0.4 is 11.1 Å². The predicted octanol–water partition coefficient (Wildman–Crippen LogP) is 3.64. The molecular weight excluding hydrogens is 330 g/mol. The van der Waals surface area contributed by atoms with Crippen LogP contribution >= 0.6 is 27.5 Å². The number of nitrogens with one attached hydrogen (secondary N) is 1. The molecule has 1 heterocycles. The molecule has 0 aliphatic heterocycles. The summed E-state index contributed by atoms with van der Waals surface area (Å²) in [5.41, 5.74) is 7.46. The van der Waals surface area contributed by atoms with Gasteiger partial charge in [0.05, 0.1) is 10.7 Å². The van der Waals surface area contributed by atoms with Crippen molar-refractivity contribution in [3.8, 4) is 0 Å². The second kappa shape index (κ2) is 5.59. The zero-order valence-electron chi connectivity index (χ0n) is 10.1. The maximum absolute atomic E-state index is 12.0. The molecule has 0 atom stereocenters. The lowest BCUT2D eigenvalue weighted by Gasteiger charge is -2.07. The molecule has 0 saturated heterocycles. The van der Waals surface area contributed by atoms with E-state index in [2.05, 4.69) is 26.2 Å². The van der Waals surface area contributed by atoms with Crippen LogP contribution in [0.25, 0.3) is 0 Å². The Labute approximate surface area is 124 Å². The monoisotopic (exact) mass is 339 g/mol. The molecule has 1 aromatic carbocycles. The first kappa shape index (κ1) is 13.8. The summed E-state index contributed by atoms with van der Waals surface area (Å²) in [6, 6.07) is 6.51. The summed E-state index contributed by atoms with van der Waals surface area (Å²) in [4.78, 5) is 16.1. The minimum atomic E-state index is -0.281. The van der Waals surface area contributed by atoms with Crippen LogP contribution in [0.5, 0.6) is 0 Å². The van der Waals surface area contributed by atoms with Gasteiger partial charge in [0.15, 0.2) is 0 Å². The Morgan fingerprint density at radius 2 is 2.16 bits per heavy atom. The van der Waals surface area contributed by atoms with E-state index in [0.717, 1.165) is 10.0 Å². The normalized spacial score (nSPS) is 10.3. The van der Waals surface area contributed by atoms with Crippen LogP contribution in [0.2, 0.25) is 5.02 Å². The Hall–Kier alpha value is -1.59. The van der Waals surface area contributed by atoms with Crippen LogP contribution in [-0.2, 0) is 0 Å². The van der Waals surface area contributed by atoms with Gasteiger partial charge < -0.3 is 11.1 Å². The van der Waals surface area contributed by atoms with E-state index in [0.29, 0.717) is 22.1 Å². The molecule has 0 aliphatic carbocycles. The molecule has 0 saturated carbocycles. The number of carbonyl (C=O) groups is 1. The highest BCUT2D eigenvalue weighted by Crippen LogP contribution is 2.21. The summed E-state index contributed by atoms with van der Waals surface area (Å²) < 4.78 is 0.890. The Balaban J connectivity index is 2.20. The average Bonchev–Trinajstić information content (AvgIpc) is 2.37. The zero-order chi connectivity index (χ0) is 14.0. The largest absolute Gasteiger partial charge is 0.398 e. The van der Waals surface area contributed by atoms with Crippen molar-refractivity contribution in [3.05, 3.63) is 51.1 Å². The number of hydrogen-bond donors (Lipinski definition) is 2. The molecule has 6 heteroatoms. The number of nitrogens with two attached hydrogens (primary N) is 1. The number of rotatable bonds is 2. The van der Waals surface area contributed by atoms with Gasteiger partial charge in [-0.2, -0.15) is 0 Å². The maximum atomic E-state index is 12.0. The fourth-order valence-electron chi connectivity index (χ4n) is 1.46. The van der Waals surface area contributed by atoms with Crippen LogP contribution in [0.3, 0.4) is 0 Å². The molecule has 0 unspecified atom stereocenters. The SMILES string of the molecule is Cc1cc(NC(=O)c2ccc(N)c(Cl)c2)ncc1Br. The van der Waals surface area contributed by atoms with E-state index in [9.17, 15) is 4.79 Å². The van der Waals surface area contributed by atoms with Gasteiger partial charge in [-0.05, 0) is 52.7 Å². The molecule has 0 radical (unpaired) electrons. The van der Waals surface area contributed by atoms with Crippen LogP contribution in [-0.4, -0.2) is 10.9 Å². The summed E-state index contributed by atoms with van der Waals surface area (Å²) in [6.07, 6.45) is 1.64. The average molecular weight is 341 g/mol. The Kier molecular flexibility index (Phi) is 4.07. The summed E-state index contributed by atoms with van der Waals surface area (Å²) in [5.74, 6) is 0.203. The fraction of sp³-hybridized carbons (Fsp3) is 0.0769. The van der Waals surface area contributed by atoms with Crippen LogP contribution in [0.1, 0.15) is 15.9 Å². The van der Waals surface area contributed by atoms with Crippen LogP contribution in [0, 0.1) is 6.92 Å². The van der Waals surface area contributed by atoms with Gasteiger partial charge in [-0.15, -0.1) is 0 Å². The molecule has 1 amide bonds. The van der Waals surface area contributed by atoms with E-state index in [4.69, 9.17) is 17.3 Å². The molecule has 4 nitrogen and oxygen atoms in total. The van der Waals surface area contributed by atoms with Gasteiger partial charge in [0.25, 0.3) is 5.91 Å². The highest BCUT2D eigenvalue weighted by Gasteiger charge is 2.09. The molecule has 2 rings (SSSR count). The number of pyridine rings is 1. The molecule has 3 N–H and O–H groups in total. The first-order valence-electron chi connectivity index (χ1n) is 5.46. The van der Waals surface area contributed by atoms with Crippen LogP contribution in [0.4, 0.5) is 11.5 Å². The third-order valence-electron chi connectivity index (χ3n) is 2.55. The number of hydrogen-bond acceptors (Lipinski definition) is 3. The van der Waals surface area contributed by atoms with E-state index < -0.39 is 0 Å². The Morgan fingerprint density at radius 3 is 2.79 bits per heavy atom. The lowest BCUT2D eigenvalue weighted by atomic mass is 10.2. The predicted molar refractivity (Wildman–Crippen MR) is 80.5 cm³/mol. The van der Waals surface area contributed by atoms with E-state index in [-0.39, 0.29) is 5.91 Å². The number of nitrogens with zero attached hydrogens (tertiary/aromatic N) is 1. The number of amides is 1. The van der Waals surface area contributed by atoms with Crippen LogP contribution in [0.15, 0.2) is 34.9 Å². The van der Waals surface area contributed by atoms with Crippen molar-refractivity contribution in [1.82, 2.24) is 4.98 Å². The van der Waals surface area contributed by atoms with E-state index in [1.807, 2.05) is 6.92 Å². The smallest absolute Gasteiger partial charge is 0.256 e. The Bertz CT molecular complexity index is 646. The second-order valence-electron chi connectivity index (χ2n) is 4.01. The molecule has 0 aliphatic rings. The molecule has 2 aromatic rings. The van der Waals surface area contributed by atoms with Gasteiger partial charge in [0.1, 0.15) is 5.82 Å². The van der Waals surface area contributed by atoms with Crippen molar-refractivity contribution < 1.29 is 4.79 Å². The third kappa shape index (κ3) is 3.24. The summed E-state index contributed by atoms with van der Waals surface area (Å²) in [7, 11) is 0. The van der Waals surface area contributed by atoms with Gasteiger partial charge in [-0.25, -0.2) is 4.98 Å². The van der Waals surface area contributed by atoms with Crippen molar-refractivity contribution in [2.24, 2.45) is 0 Å². The molecule has 0 spiro atoms. The number of aromatic nitrogens is 1. The van der Waals surface area contributed by atoms with E-state index in [1.54, 1.807) is 24.4 Å². The number of anilines is 2. The molecule has 1 aromatic heterocycles.